The van der Waals surface area contributed by atoms with Gasteiger partial charge in [-0.15, -0.1) is 0 Å². The Kier molecular flexibility index (Phi) is 4.19. The van der Waals surface area contributed by atoms with Crippen LogP contribution in [0.4, 0.5) is 0 Å². The predicted octanol–water partition coefficient (Wildman–Crippen LogP) is 3.90. The molecule has 0 aliphatic rings. The molecule has 0 saturated heterocycles. The summed E-state index contributed by atoms with van der Waals surface area (Å²) >= 11 is 0. The van der Waals surface area contributed by atoms with Crippen LogP contribution < -0.4 is 4.74 Å². The van der Waals surface area contributed by atoms with E-state index in [9.17, 15) is 0 Å². The highest BCUT2D eigenvalue weighted by Crippen LogP contribution is 2.25. The van der Waals surface area contributed by atoms with Gasteiger partial charge in [0, 0.05) is 0 Å². The maximum atomic E-state index is 5.36. The van der Waals surface area contributed by atoms with Crippen molar-refractivity contribution in [1.82, 2.24) is 0 Å². The van der Waals surface area contributed by atoms with E-state index in [2.05, 4.69) is 39.8 Å². The SMILES string of the molecule is COc1c(C)cc(CCC(C)C)cc1C. The van der Waals surface area contributed by atoms with Gasteiger partial charge in [-0.05, 0) is 49.3 Å². The van der Waals surface area contributed by atoms with E-state index in [1.807, 2.05) is 0 Å². The lowest BCUT2D eigenvalue weighted by atomic mass is 9.99. The van der Waals surface area contributed by atoms with Crippen LogP contribution in [0.25, 0.3) is 0 Å². The normalized spacial score (nSPS) is 10.8. The molecule has 84 valence electrons. The fraction of sp³-hybridized carbons (Fsp3) is 0.571. The molecule has 0 aliphatic carbocycles. The lowest BCUT2D eigenvalue weighted by Gasteiger charge is -2.12. The highest BCUT2D eigenvalue weighted by molar-refractivity contribution is 5.43. The fourth-order valence-corrected chi connectivity index (χ4v) is 1.96. The standard InChI is InChI=1S/C14H22O/c1-10(2)6-7-13-8-11(3)14(15-5)12(4)9-13/h8-10H,6-7H2,1-5H3. The Labute approximate surface area is 93.5 Å². The van der Waals surface area contributed by atoms with Crippen molar-refractivity contribution in [1.29, 1.82) is 0 Å². The minimum atomic E-state index is 0.771. The molecule has 1 heteroatoms. The molecule has 1 aromatic rings. The lowest BCUT2D eigenvalue weighted by Crippen LogP contribution is -1.96. The molecule has 0 atom stereocenters. The van der Waals surface area contributed by atoms with E-state index in [0.29, 0.717) is 0 Å². The van der Waals surface area contributed by atoms with Crippen molar-refractivity contribution in [3.05, 3.63) is 28.8 Å². The Morgan fingerprint density at radius 3 is 2.07 bits per heavy atom. The summed E-state index contributed by atoms with van der Waals surface area (Å²) in [6, 6.07) is 4.49. The van der Waals surface area contributed by atoms with Crippen LogP contribution in [0.2, 0.25) is 0 Å². The first-order valence-electron chi connectivity index (χ1n) is 5.68. The molecule has 0 aliphatic heterocycles. The molecule has 15 heavy (non-hydrogen) atoms. The first-order valence-corrected chi connectivity index (χ1v) is 5.68. The van der Waals surface area contributed by atoms with Gasteiger partial charge >= 0.3 is 0 Å². The molecule has 1 nitrogen and oxygen atoms in total. The van der Waals surface area contributed by atoms with Crippen LogP contribution in [-0.2, 0) is 6.42 Å². The zero-order valence-corrected chi connectivity index (χ0v) is 10.6. The molecule has 0 spiro atoms. The molecular weight excluding hydrogens is 184 g/mol. The van der Waals surface area contributed by atoms with E-state index in [-0.39, 0.29) is 0 Å². The summed E-state index contributed by atoms with van der Waals surface area (Å²) < 4.78 is 5.36. The monoisotopic (exact) mass is 206 g/mol. The first kappa shape index (κ1) is 12.1. The minimum absolute atomic E-state index is 0.771. The largest absolute Gasteiger partial charge is 0.496 e. The fourth-order valence-electron chi connectivity index (χ4n) is 1.96. The van der Waals surface area contributed by atoms with Crippen LogP contribution in [0.3, 0.4) is 0 Å². The number of benzene rings is 1. The third kappa shape index (κ3) is 3.26. The molecule has 0 N–H and O–H groups in total. The van der Waals surface area contributed by atoms with Crippen LogP contribution in [0, 0.1) is 19.8 Å². The zero-order valence-electron chi connectivity index (χ0n) is 10.6. The Bertz CT molecular complexity index is 303. The third-order valence-electron chi connectivity index (χ3n) is 2.73. The summed E-state index contributed by atoms with van der Waals surface area (Å²) in [5.41, 5.74) is 3.92. The van der Waals surface area contributed by atoms with Gasteiger partial charge in [0.15, 0.2) is 0 Å². The van der Waals surface area contributed by atoms with Crippen molar-refractivity contribution in [3.63, 3.8) is 0 Å². The van der Waals surface area contributed by atoms with Crippen LogP contribution in [0.1, 0.15) is 37.0 Å². The molecule has 0 unspecified atom stereocenters. The lowest BCUT2D eigenvalue weighted by molar-refractivity contribution is 0.408. The Morgan fingerprint density at radius 2 is 1.67 bits per heavy atom. The van der Waals surface area contributed by atoms with Crippen molar-refractivity contribution in [3.8, 4) is 5.75 Å². The van der Waals surface area contributed by atoms with Crippen molar-refractivity contribution < 1.29 is 4.74 Å². The molecule has 0 aromatic heterocycles. The number of rotatable bonds is 4. The minimum Gasteiger partial charge on any atom is -0.496 e. The number of methoxy groups -OCH3 is 1. The second-order valence-corrected chi connectivity index (χ2v) is 4.70. The van der Waals surface area contributed by atoms with Gasteiger partial charge in [-0.2, -0.15) is 0 Å². The van der Waals surface area contributed by atoms with Gasteiger partial charge in [0.25, 0.3) is 0 Å². The van der Waals surface area contributed by atoms with Crippen LogP contribution >= 0.6 is 0 Å². The van der Waals surface area contributed by atoms with E-state index in [4.69, 9.17) is 4.74 Å². The Balaban J connectivity index is 2.84. The van der Waals surface area contributed by atoms with Gasteiger partial charge in [0.2, 0.25) is 0 Å². The maximum Gasteiger partial charge on any atom is 0.124 e. The molecule has 0 fully saturated rings. The van der Waals surface area contributed by atoms with Gasteiger partial charge in [-0.3, -0.25) is 0 Å². The second-order valence-electron chi connectivity index (χ2n) is 4.70. The molecule has 1 aromatic carbocycles. The van der Waals surface area contributed by atoms with E-state index in [0.717, 1.165) is 11.7 Å². The molecule has 0 bridgehead atoms. The van der Waals surface area contributed by atoms with Crippen LogP contribution in [-0.4, -0.2) is 7.11 Å². The Hall–Kier alpha value is -0.980. The summed E-state index contributed by atoms with van der Waals surface area (Å²) in [7, 11) is 1.74. The number of ether oxygens (including phenoxy) is 1. The zero-order chi connectivity index (χ0) is 11.4. The summed E-state index contributed by atoms with van der Waals surface area (Å²) in [6.07, 6.45) is 2.43. The molecular formula is C14H22O. The predicted molar refractivity (Wildman–Crippen MR) is 65.6 cm³/mol. The van der Waals surface area contributed by atoms with E-state index in [1.165, 1.54) is 29.5 Å². The van der Waals surface area contributed by atoms with Crippen LogP contribution in [0.15, 0.2) is 12.1 Å². The molecule has 0 radical (unpaired) electrons. The maximum absolute atomic E-state index is 5.36. The van der Waals surface area contributed by atoms with Crippen LogP contribution in [0.5, 0.6) is 5.75 Å². The van der Waals surface area contributed by atoms with Crippen molar-refractivity contribution >= 4 is 0 Å². The molecule has 0 amide bonds. The molecule has 0 saturated carbocycles. The average Bonchev–Trinajstić information content (AvgIpc) is 2.14. The summed E-state index contributed by atoms with van der Waals surface area (Å²) in [4.78, 5) is 0. The van der Waals surface area contributed by atoms with Gasteiger partial charge < -0.3 is 4.74 Å². The quantitative estimate of drug-likeness (QED) is 0.726. The van der Waals surface area contributed by atoms with Crippen molar-refractivity contribution in [2.75, 3.05) is 7.11 Å². The number of hydrogen-bond acceptors (Lipinski definition) is 1. The molecule has 0 heterocycles. The van der Waals surface area contributed by atoms with Gasteiger partial charge in [-0.25, -0.2) is 0 Å². The number of aryl methyl sites for hydroxylation is 3. The molecule has 1 rings (SSSR count). The summed E-state index contributed by atoms with van der Waals surface area (Å²) in [5, 5.41) is 0. The second kappa shape index (κ2) is 5.20. The van der Waals surface area contributed by atoms with Gasteiger partial charge in [0.05, 0.1) is 7.11 Å². The third-order valence-corrected chi connectivity index (χ3v) is 2.73. The number of hydrogen-bond donors (Lipinski definition) is 0. The topological polar surface area (TPSA) is 9.23 Å². The summed E-state index contributed by atoms with van der Waals surface area (Å²) in [5.74, 6) is 1.80. The van der Waals surface area contributed by atoms with E-state index >= 15 is 0 Å². The van der Waals surface area contributed by atoms with Gasteiger partial charge in [0.1, 0.15) is 5.75 Å². The highest BCUT2D eigenvalue weighted by Gasteiger charge is 2.05. The van der Waals surface area contributed by atoms with Gasteiger partial charge in [-0.1, -0.05) is 26.0 Å². The highest BCUT2D eigenvalue weighted by atomic mass is 16.5. The average molecular weight is 206 g/mol. The summed E-state index contributed by atoms with van der Waals surface area (Å²) in [6.45, 7) is 8.77. The first-order chi connectivity index (χ1) is 7.04. The van der Waals surface area contributed by atoms with Crippen molar-refractivity contribution in [2.45, 2.75) is 40.5 Å². The van der Waals surface area contributed by atoms with Crippen molar-refractivity contribution in [2.24, 2.45) is 5.92 Å². The smallest absolute Gasteiger partial charge is 0.124 e. The Morgan fingerprint density at radius 1 is 1.13 bits per heavy atom. The van der Waals surface area contributed by atoms with E-state index < -0.39 is 0 Å². The van der Waals surface area contributed by atoms with E-state index in [1.54, 1.807) is 7.11 Å².